The second kappa shape index (κ2) is 11.8. The van der Waals surface area contributed by atoms with E-state index in [4.69, 9.17) is 31.2 Å². The molecule has 36 heavy (non-hydrogen) atoms. The number of carbonyl (C=O) groups is 1. The Bertz CT molecular complexity index is 1200. The van der Waals surface area contributed by atoms with Gasteiger partial charge >= 0.3 is 5.97 Å². The van der Waals surface area contributed by atoms with E-state index in [1.54, 1.807) is 38.5 Å². The third kappa shape index (κ3) is 5.71. The number of ether oxygens (including phenoxy) is 4. The van der Waals surface area contributed by atoms with Crippen LogP contribution in [0.4, 0.5) is 0 Å². The smallest absolute Gasteiger partial charge is 0.337 e. The first-order valence-electron chi connectivity index (χ1n) is 11.7. The van der Waals surface area contributed by atoms with E-state index < -0.39 is 0 Å². The molecule has 1 aliphatic rings. The predicted octanol–water partition coefficient (Wildman–Crippen LogP) is 4.54. The van der Waals surface area contributed by atoms with Crippen molar-refractivity contribution in [2.75, 3.05) is 34.5 Å². The molecule has 8 heteroatoms. The molecule has 0 fully saturated rings. The van der Waals surface area contributed by atoms with E-state index >= 15 is 0 Å². The Kier molecular flexibility index (Phi) is 8.28. The van der Waals surface area contributed by atoms with Gasteiger partial charge < -0.3 is 29.2 Å². The fourth-order valence-electron chi connectivity index (χ4n) is 4.31. The average molecular weight is 507 g/mol. The van der Waals surface area contributed by atoms with Gasteiger partial charge in [-0.05, 0) is 71.7 Å². The molecule has 1 heterocycles. The molecule has 0 saturated carbocycles. The zero-order chi connectivity index (χ0) is 25.5. The average Bonchev–Trinajstić information content (AvgIpc) is 2.94. The van der Waals surface area contributed by atoms with Crippen LogP contribution < -0.4 is 19.5 Å². The highest BCUT2D eigenvalue weighted by molar-refractivity contribution is 7.80. The van der Waals surface area contributed by atoms with Crippen LogP contribution in [0.2, 0.25) is 0 Å². The van der Waals surface area contributed by atoms with Gasteiger partial charge in [0.2, 0.25) is 0 Å². The van der Waals surface area contributed by atoms with Gasteiger partial charge in [0.1, 0.15) is 12.4 Å². The minimum Gasteiger partial charge on any atom is -0.493 e. The van der Waals surface area contributed by atoms with E-state index in [0.717, 1.165) is 24.1 Å². The fraction of sp³-hybridized carbons (Fsp3) is 0.286. The summed E-state index contributed by atoms with van der Waals surface area (Å²) in [5.74, 6) is 1.63. The summed E-state index contributed by atoms with van der Waals surface area (Å²) >= 11 is 5.83. The highest BCUT2D eigenvalue weighted by Crippen LogP contribution is 2.38. The molecule has 0 radical (unpaired) electrons. The quantitative estimate of drug-likeness (QED) is 0.353. The SMILES string of the molecule is COC(=O)c1ccc(OCC2c3cc(OC)c(OC)cc3CCN2C(=S)NCc2ccccc2)cc1. The Morgan fingerprint density at radius 1 is 1.00 bits per heavy atom. The van der Waals surface area contributed by atoms with E-state index in [1.807, 2.05) is 30.3 Å². The summed E-state index contributed by atoms with van der Waals surface area (Å²) < 4.78 is 22.1. The number of nitrogens with one attached hydrogen (secondary N) is 1. The fourth-order valence-corrected chi connectivity index (χ4v) is 4.60. The Morgan fingerprint density at radius 2 is 1.69 bits per heavy atom. The molecule has 1 unspecified atom stereocenters. The van der Waals surface area contributed by atoms with Crippen molar-refractivity contribution in [2.45, 2.75) is 19.0 Å². The lowest BCUT2D eigenvalue weighted by atomic mass is 9.92. The number of rotatable bonds is 8. The molecular weight excluding hydrogens is 476 g/mol. The van der Waals surface area contributed by atoms with Crippen molar-refractivity contribution in [3.8, 4) is 17.2 Å². The van der Waals surface area contributed by atoms with Crippen molar-refractivity contribution in [3.63, 3.8) is 0 Å². The first-order chi connectivity index (χ1) is 17.5. The highest BCUT2D eigenvalue weighted by atomic mass is 32.1. The lowest BCUT2D eigenvalue weighted by Crippen LogP contribution is -2.47. The molecule has 3 aromatic rings. The van der Waals surface area contributed by atoms with Crippen LogP contribution in [0, 0.1) is 0 Å². The Balaban J connectivity index is 1.57. The van der Waals surface area contributed by atoms with Gasteiger partial charge in [-0.1, -0.05) is 30.3 Å². The van der Waals surface area contributed by atoms with E-state index in [2.05, 4.69) is 22.3 Å². The zero-order valence-electron chi connectivity index (χ0n) is 20.7. The molecule has 0 aromatic heterocycles. The standard InChI is InChI=1S/C28H30N2O5S/c1-32-25-15-21-13-14-30(28(36)29-17-19-7-5-4-6-8-19)24(23(21)16-26(25)33-2)18-35-22-11-9-20(10-12-22)27(31)34-3/h4-12,15-16,24H,13-14,17-18H2,1-3H3,(H,29,36). The van der Waals surface area contributed by atoms with Crippen molar-refractivity contribution in [2.24, 2.45) is 0 Å². The van der Waals surface area contributed by atoms with E-state index in [1.165, 1.54) is 12.7 Å². The molecule has 0 amide bonds. The van der Waals surface area contributed by atoms with Gasteiger partial charge in [-0.3, -0.25) is 0 Å². The lowest BCUT2D eigenvalue weighted by molar-refractivity contribution is 0.0600. The Morgan fingerprint density at radius 3 is 2.36 bits per heavy atom. The van der Waals surface area contributed by atoms with Crippen LogP contribution >= 0.6 is 12.2 Å². The maximum atomic E-state index is 11.7. The topological polar surface area (TPSA) is 69.3 Å². The number of hydrogen-bond acceptors (Lipinski definition) is 6. The molecule has 1 aliphatic heterocycles. The maximum absolute atomic E-state index is 11.7. The van der Waals surface area contributed by atoms with Gasteiger partial charge in [0.05, 0.1) is 32.9 Å². The van der Waals surface area contributed by atoms with Crippen LogP contribution in [0.25, 0.3) is 0 Å². The first kappa shape index (κ1) is 25.3. The summed E-state index contributed by atoms with van der Waals surface area (Å²) in [5.41, 5.74) is 3.87. The van der Waals surface area contributed by atoms with E-state index in [0.29, 0.717) is 41.1 Å². The molecule has 0 spiro atoms. The van der Waals surface area contributed by atoms with E-state index in [-0.39, 0.29) is 12.0 Å². The van der Waals surface area contributed by atoms with Crippen LogP contribution in [-0.4, -0.2) is 50.5 Å². The number of fused-ring (bicyclic) bond motifs is 1. The number of hydrogen-bond donors (Lipinski definition) is 1. The Labute approximate surface area is 216 Å². The molecular formula is C28H30N2O5S. The molecule has 1 N–H and O–H groups in total. The van der Waals surface area contributed by atoms with Crippen LogP contribution in [0.15, 0.2) is 66.7 Å². The number of carbonyl (C=O) groups excluding carboxylic acids is 1. The number of thiocarbonyl (C=S) groups is 1. The van der Waals surface area contributed by atoms with Crippen LogP contribution in [-0.2, 0) is 17.7 Å². The van der Waals surface area contributed by atoms with Crippen molar-refractivity contribution in [1.29, 1.82) is 0 Å². The predicted molar refractivity (Wildman–Crippen MR) is 142 cm³/mol. The molecule has 0 saturated heterocycles. The first-order valence-corrected chi connectivity index (χ1v) is 12.1. The van der Waals surface area contributed by atoms with Gasteiger partial charge in [-0.2, -0.15) is 0 Å². The number of esters is 1. The zero-order valence-corrected chi connectivity index (χ0v) is 21.5. The van der Waals surface area contributed by atoms with Gasteiger partial charge in [0, 0.05) is 13.1 Å². The van der Waals surface area contributed by atoms with Crippen molar-refractivity contribution in [1.82, 2.24) is 10.2 Å². The summed E-state index contributed by atoms with van der Waals surface area (Å²) in [6, 6.07) is 21.0. The summed E-state index contributed by atoms with van der Waals surface area (Å²) in [6.45, 7) is 1.73. The third-order valence-electron chi connectivity index (χ3n) is 6.23. The van der Waals surface area contributed by atoms with Gasteiger partial charge in [-0.15, -0.1) is 0 Å². The minimum atomic E-state index is -0.384. The normalized spacial score (nSPS) is 14.4. The molecule has 4 rings (SSSR count). The molecule has 188 valence electrons. The van der Waals surface area contributed by atoms with Crippen molar-refractivity contribution >= 4 is 23.3 Å². The van der Waals surface area contributed by atoms with Crippen LogP contribution in [0.1, 0.15) is 33.1 Å². The lowest BCUT2D eigenvalue weighted by Gasteiger charge is -2.39. The van der Waals surface area contributed by atoms with Crippen LogP contribution in [0.5, 0.6) is 17.2 Å². The highest BCUT2D eigenvalue weighted by Gasteiger charge is 2.31. The Hall–Kier alpha value is -3.78. The van der Waals surface area contributed by atoms with Crippen molar-refractivity contribution in [3.05, 3.63) is 89.0 Å². The molecule has 3 aromatic carbocycles. The summed E-state index contributed by atoms with van der Waals surface area (Å²) in [5, 5.41) is 4.06. The molecule has 1 atom stereocenters. The summed E-state index contributed by atoms with van der Waals surface area (Å²) in [4.78, 5) is 13.9. The molecule has 0 aliphatic carbocycles. The molecule has 0 bridgehead atoms. The number of methoxy groups -OCH3 is 3. The minimum absolute atomic E-state index is 0.149. The largest absolute Gasteiger partial charge is 0.493 e. The monoisotopic (exact) mass is 506 g/mol. The maximum Gasteiger partial charge on any atom is 0.337 e. The second-order valence-electron chi connectivity index (χ2n) is 8.34. The number of nitrogens with zero attached hydrogens (tertiary/aromatic N) is 1. The second-order valence-corrected chi connectivity index (χ2v) is 8.72. The summed E-state index contributed by atoms with van der Waals surface area (Å²) in [6.07, 6.45) is 0.813. The van der Waals surface area contributed by atoms with Crippen molar-refractivity contribution < 1.29 is 23.7 Å². The van der Waals surface area contributed by atoms with Crippen LogP contribution in [0.3, 0.4) is 0 Å². The van der Waals surface area contributed by atoms with Gasteiger partial charge in [-0.25, -0.2) is 4.79 Å². The summed E-state index contributed by atoms with van der Waals surface area (Å²) in [7, 11) is 4.63. The molecule has 7 nitrogen and oxygen atoms in total. The third-order valence-corrected chi connectivity index (χ3v) is 6.61. The van der Waals surface area contributed by atoms with Gasteiger partial charge in [0.25, 0.3) is 0 Å². The van der Waals surface area contributed by atoms with E-state index in [9.17, 15) is 4.79 Å². The number of benzene rings is 3. The van der Waals surface area contributed by atoms with Gasteiger partial charge in [0.15, 0.2) is 16.6 Å².